The van der Waals surface area contributed by atoms with Crippen LogP contribution in [0, 0.1) is 0 Å². The number of carboxylic acid groups (broad SMARTS) is 1. The molecule has 1 N–H and O–H groups in total. The Morgan fingerprint density at radius 1 is 0.905 bits per heavy atom. The summed E-state index contributed by atoms with van der Waals surface area (Å²) in [6.07, 6.45) is 6.98. The lowest BCUT2D eigenvalue weighted by molar-refractivity contribution is -0.148. The molecule has 2 aromatic heterocycles. The summed E-state index contributed by atoms with van der Waals surface area (Å²) in [4.78, 5) is 65.3. The number of anilines is 2. The van der Waals surface area contributed by atoms with Gasteiger partial charge in [-0.05, 0) is 43.4 Å². The van der Waals surface area contributed by atoms with Gasteiger partial charge in [0.25, 0.3) is 5.91 Å². The van der Waals surface area contributed by atoms with Crippen LogP contribution in [0.5, 0.6) is 0 Å². The van der Waals surface area contributed by atoms with E-state index in [2.05, 4.69) is 4.98 Å². The van der Waals surface area contributed by atoms with Crippen molar-refractivity contribution in [2.45, 2.75) is 69.9 Å². The molecule has 1 atom stereocenters. The van der Waals surface area contributed by atoms with Crippen LogP contribution in [0.25, 0.3) is 22.4 Å². The van der Waals surface area contributed by atoms with E-state index in [0.29, 0.717) is 42.6 Å². The SMILES string of the molecule is O=C(O)C[C@@H]1C(=O)N(c2nc(-c3ccccc3-c3ccc(N4CCCC4=O)nc3)cs2)CCCC(=O)N1C1CCCC1. The minimum atomic E-state index is -1.10. The van der Waals surface area contributed by atoms with E-state index in [9.17, 15) is 24.3 Å². The maximum absolute atomic E-state index is 13.9. The normalized spacial score (nSPS) is 20.3. The highest BCUT2D eigenvalue weighted by Gasteiger charge is 2.41. The zero-order valence-corrected chi connectivity index (χ0v) is 24.1. The van der Waals surface area contributed by atoms with Crippen molar-refractivity contribution in [1.29, 1.82) is 0 Å². The number of rotatable bonds is 7. The number of aliphatic carboxylic acids is 1. The van der Waals surface area contributed by atoms with Crippen molar-refractivity contribution in [3.63, 3.8) is 0 Å². The molecular formula is C31H33N5O5S. The van der Waals surface area contributed by atoms with Crippen LogP contribution >= 0.6 is 11.3 Å². The largest absolute Gasteiger partial charge is 0.481 e. The summed E-state index contributed by atoms with van der Waals surface area (Å²) >= 11 is 1.33. The Labute approximate surface area is 248 Å². The fourth-order valence-corrected chi connectivity index (χ4v) is 7.20. The number of carbonyl (C=O) groups excluding carboxylic acids is 3. The van der Waals surface area contributed by atoms with Gasteiger partial charge in [0.15, 0.2) is 5.13 Å². The van der Waals surface area contributed by atoms with Gasteiger partial charge in [-0.15, -0.1) is 11.3 Å². The van der Waals surface area contributed by atoms with Crippen LogP contribution in [0.15, 0.2) is 48.0 Å². The highest BCUT2D eigenvalue weighted by Crippen LogP contribution is 2.36. The van der Waals surface area contributed by atoms with Crippen molar-refractivity contribution in [1.82, 2.24) is 14.9 Å². The molecule has 10 nitrogen and oxygen atoms in total. The molecule has 3 aliphatic rings. The number of benzene rings is 1. The van der Waals surface area contributed by atoms with E-state index < -0.39 is 18.4 Å². The molecule has 0 bridgehead atoms. The lowest BCUT2D eigenvalue weighted by Gasteiger charge is -2.39. The average Bonchev–Trinajstić information content (AvgIpc) is 3.77. The standard InChI is InChI=1S/C31H33N5O5S/c37-27-11-5-15-34(27)26-14-13-20(18-32-26)22-9-3-4-10-23(22)24-19-42-31(33-24)35-16-6-12-28(38)36(21-7-1-2-8-21)25(30(35)41)17-29(39)40/h3-4,9-10,13-14,18-19,21,25H,1-2,5-8,11-12,15-17H2,(H,39,40)/t25-/m1/s1. The third-order valence-electron chi connectivity index (χ3n) is 8.37. The fraction of sp³-hybridized carbons (Fsp3) is 0.419. The first-order chi connectivity index (χ1) is 20.4. The Balaban J connectivity index is 1.29. The van der Waals surface area contributed by atoms with E-state index in [1.165, 1.54) is 11.3 Å². The highest BCUT2D eigenvalue weighted by molar-refractivity contribution is 7.14. The topological polar surface area (TPSA) is 124 Å². The van der Waals surface area contributed by atoms with Crippen molar-refractivity contribution in [3.8, 4) is 22.4 Å². The van der Waals surface area contributed by atoms with Gasteiger partial charge in [-0.2, -0.15) is 0 Å². The Morgan fingerprint density at radius 3 is 2.31 bits per heavy atom. The molecule has 218 valence electrons. The molecule has 2 saturated heterocycles. The molecule has 1 saturated carbocycles. The summed E-state index contributed by atoms with van der Waals surface area (Å²) in [5.41, 5.74) is 3.36. The number of hydrogen-bond donors (Lipinski definition) is 1. The van der Waals surface area contributed by atoms with Crippen molar-refractivity contribution >= 4 is 46.0 Å². The molecule has 1 aliphatic carbocycles. The Morgan fingerprint density at radius 2 is 1.62 bits per heavy atom. The van der Waals surface area contributed by atoms with Gasteiger partial charge in [0.2, 0.25) is 11.8 Å². The first-order valence-electron chi connectivity index (χ1n) is 14.6. The molecule has 0 radical (unpaired) electrons. The maximum atomic E-state index is 13.9. The second-order valence-corrected chi connectivity index (χ2v) is 11.9. The van der Waals surface area contributed by atoms with Crippen LogP contribution in [0.1, 0.15) is 57.8 Å². The van der Waals surface area contributed by atoms with Crippen molar-refractivity contribution < 1.29 is 24.3 Å². The number of nitrogens with zero attached hydrogens (tertiary/aromatic N) is 5. The first kappa shape index (κ1) is 28.0. The number of thiazole rings is 1. The van der Waals surface area contributed by atoms with Crippen LogP contribution in [0.4, 0.5) is 10.9 Å². The number of aromatic nitrogens is 2. The minimum absolute atomic E-state index is 0.0886. The van der Waals surface area contributed by atoms with Crippen LogP contribution < -0.4 is 9.80 Å². The van der Waals surface area contributed by atoms with E-state index in [4.69, 9.17) is 4.98 Å². The van der Waals surface area contributed by atoms with Crippen molar-refractivity contribution in [2.24, 2.45) is 0 Å². The van der Waals surface area contributed by atoms with Gasteiger partial charge in [0.1, 0.15) is 11.9 Å². The first-order valence-corrected chi connectivity index (χ1v) is 15.4. The summed E-state index contributed by atoms with van der Waals surface area (Å²) in [6.45, 7) is 0.979. The Kier molecular flexibility index (Phi) is 8.01. The summed E-state index contributed by atoms with van der Waals surface area (Å²) in [7, 11) is 0. The number of pyridine rings is 1. The highest BCUT2D eigenvalue weighted by atomic mass is 32.1. The lowest BCUT2D eigenvalue weighted by atomic mass is 9.99. The molecule has 3 aromatic rings. The van der Waals surface area contributed by atoms with E-state index in [1.807, 2.05) is 41.8 Å². The van der Waals surface area contributed by atoms with Gasteiger partial charge >= 0.3 is 5.97 Å². The van der Waals surface area contributed by atoms with Gasteiger partial charge in [-0.25, -0.2) is 9.97 Å². The predicted molar refractivity (Wildman–Crippen MR) is 159 cm³/mol. The summed E-state index contributed by atoms with van der Waals surface area (Å²) in [5, 5.41) is 12.1. The van der Waals surface area contributed by atoms with Gasteiger partial charge < -0.3 is 10.0 Å². The molecule has 0 unspecified atom stereocenters. The second kappa shape index (κ2) is 12.0. The van der Waals surface area contributed by atoms with Gasteiger partial charge in [-0.3, -0.25) is 29.0 Å². The number of hydrogen-bond acceptors (Lipinski definition) is 7. The van der Waals surface area contributed by atoms with Gasteiger partial charge in [0.05, 0.1) is 12.1 Å². The third-order valence-corrected chi connectivity index (χ3v) is 9.23. The molecule has 11 heteroatoms. The number of amides is 3. The lowest BCUT2D eigenvalue weighted by Crippen LogP contribution is -2.57. The average molecular weight is 588 g/mol. The molecule has 6 rings (SSSR count). The molecule has 0 spiro atoms. The number of carbonyl (C=O) groups is 4. The Bertz CT molecular complexity index is 1500. The zero-order chi connectivity index (χ0) is 29.2. The molecule has 42 heavy (non-hydrogen) atoms. The van der Waals surface area contributed by atoms with Crippen LogP contribution in [-0.4, -0.2) is 68.8 Å². The van der Waals surface area contributed by atoms with Gasteiger partial charge in [-0.1, -0.05) is 37.1 Å². The monoisotopic (exact) mass is 587 g/mol. The maximum Gasteiger partial charge on any atom is 0.305 e. The van der Waals surface area contributed by atoms with Crippen LogP contribution in [-0.2, 0) is 19.2 Å². The summed E-state index contributed by atoms with van der Waals surface area (Å²) in [5.74, 6) is -0.893. The predicted octanol–water partition coefficient (Wildman–Crippen LogP) is 4.74. The smallest absolute Gasteiger partial charge is 0.305 e. The summed E-state index contributed by atoms with van der Waals surface area (Å²) in [6, 6.07) is 10.5. The van der Waals surface area contributed by atoms with Crippen molar-refractivity contribution in [3.05, 3.63) is 48.0 Å². The fourth-order valence-electron chi connectivity index (χ4n) is 6.35. The number of carboxylic acids is 1. The third kappa shape index (κ3) is 5.53. The second-order valence-electron chi connectivity index (χ2n) is 11.1. The van der Waals surface area contributed by atoms with Crippen molar-refractivity contribution in [2.75, 3.05) is 22.9 Å². The molecule has 4 heterocycles. The Hall–Kier alpha value is -4.12. The van der Waals surface area contributed by atoms with Crippen LogP contribution in [0.3, 0.4) is 0 Å². The molecular weight excluding hydrogens is 554 g/mol. The van der Waals surface area contributed by atoms with E-state index in [0.717, 1.165) is 48.8 Å². The van der Waals surface area contributed by atoms with E-state index in [-0.39, 0.29) is 30.2 Å². The van der Waals surface area contributed by atoms with Crippen LogP contribution in [0.2, 0.25) is 0 Å². The quantitative estimate of drug-likeness (QED) is 0.423. The molecule has 2 aliphatic heterocycles. The van der Waals surface area contributed by atoms with E-state index >= 15 is 0 Å². The zero-order valence-electron chi connectivity index (χ0n) is 23.3. The minimum Gasteiger partial charge on any atom is -0.481 e. The van der Waals surface area contributed by atoms with E-state index in [1.54, 1.807) is 20.9 Å². The summed E-state index contributed by atoms with van der Waals surface area (Å²) < 4.78 is 0. The van der Waals surface area contributed by atoms with Gasteiger partial charge in [0, 0.05) is 54.7 Å². The molecule has 3 fully saturated rings. The molecule has 1 aromatic carbocycles. The molecule has 3 amide bonds.